The summed E-state index contributed by atoms with van der Waals surface area (Å²) < 4.78 is 10.7. The van der Waals surface area contributed by atoms with Crippen molar-refractivity contribution in [3.63, 3.8) is 0 Å². The Kier molecular flexibility index (Phi) is 5.57. The average molecular weight is 136 g/mol. The summed E-state index contributed by atoms with van der Waals surface area (Å²) >= 11 is 0. The number of allylic oxidation sites excluding steroid dienone is 1. The molecule has 46 valence electrons. The van der Waals surface area contributed by atoms with Crippen LogP contribution in [0.5, 0.6) is 0 Å². The van der Waals surface area contributed by atoms with Crippen LogP contribution in [0, 0.1) is 5.41 Å². The van der Waals surface area contributed by atoms with Crippen molar-refractivity contribution in [3.8, 4) is 0 Å². The Balaban J connectivity index is 0.000000640. The number of rotatable bonds is 0. The van der Waals surface area contributed by atoms with Crippen molar-refractivity contribution in [2.45, 2.75) is 19.3 Å². The summed E-state index contributed by atoms with van der Waals surface area (Å²) in [6, 6.07) is 0. The van der Waals surface area contributed by atoms with Crippen LogP contribution in [0.3, 0.4) is 0 Å². The van der Waals surface area contributed by atoms with E-state index in [4.69, 9.17) is 0 Å². The maximum atomic E-state index is 10.7. The third-order valence-electron chi connectivity index (χ3n) is 1.14. The normalized spacial score (nSPS) is 26.4. The largest absolute Gasteiger partial charge is 1.00 e. The minimum Gasteiger partial charge on any atom is -0.401 e. The first-order valence-electron chi connectivity index (χ1n) is 2.86. The van der Waals surface area contributed by atoms with Gasteiger partial charge in [0.15, 0.2) is 0 Å². The third-order valence-corrected chi connectivity index (χ3v) is 2.23. The fourth-order valence-corrected chi connectivity index (χ4v) is 1.58. The van der Waals surface area contributed by atoms with Crippen molar-refractivity contribution < 1.29 is 23.1 Å². The van der Waals surface area contributed by atoms with E-state index in [9.17, 15) is 4.21 Å². The first-order valence-corrected chi connectivity index (χ1v) is 4.18. The molecule has 0 bridgehead atoms. The second-order valence-electron chi connectivity index (χ2n) is 1.87. The predicted molar refractivity (Wildman–Crippen MR) is 34.7 cm³/mol. The first-order chi connectivity index (χ1) is 3.89. The van der Waals surface area contributed by atoms with Gasteiger partial charge in [0, 0.05) is 0 Å². The summed E-state index contributed by atoms with van der Waals surface area (Å²) in [5.41, 5.74) is 0. The van der Waals surface area contributed by atoms with Gasteiger partial charge in [-0.25, -0.2) is 0 Å². The van der Waals surface area contributed by atoms with Gasteiger partial charge >= 0.3 is 18.9 Å². The van der Waals surface area contributed by atoms with Gasteiger partial charge in [-0.2, -0.15) is 0 Å². The van der Waals surface area contributed by atoms with E-state index < -0.39 is 10.8 Å². The molecule has 0 saturated heterocycles. The molecule has 1 heterocycles. The number of hydrogen-bond acceptors (Lipinski definition) is 1. The van der Waals surface area contributed by atoms with Crippen molar-refractivity contribution in [2.24, 2.45) is 0 Å². The zero-order chi connectivity index (χ0) is 5.82. The quantitative estimate of drug-likeness (QED) is 0.285. The van der Waals surface area contributed by atoms with Crippen LogP contribution in [0.4, 0.5) is 0 Å². The second kappa shape index (κ2) is 5.29. The SMILES string of the molecule is O=S1[C-]=CCCCC1.[Li+]. The molecule has 0 amide bonds. The van der Waals surface area contributed by atoms with Gasteiger partial charge in [-0.3, -0.25) is 10.3 Å². The summed E-state index contributed by atoms with van der Waals surface area (Å²) in [7, 11) is -0.763. The summed E-state index contributed by atoms with van der Waals surface area (Å²) in [5.74, 6) is 0.816. The van der Waals surface area contributed by atoms with Crippen molar-refractivity contribution in [1.29, 1.82) is 0 Å². The van der Waals surface area contributed by atoms with Gasteiger partial charge in [-0.05, 0) is 12.2 Å². The van der Waals surface area contributed by atoms with Gasteiger partial charge in [0.1, 0.15) is 0 Å². The smallest absolute Gasteiger partial charge is 0.401 e. The summed E-state index contributed by atoms with van der Waals surface area (Å²) in [4.78, 5) is 0. The molecule has 1 atom stereocenters. The molecule has 0 saturated carbocycles. The summed E-state index contributed by atoms with van der Waals surface area (Å²) in [5, 5.41) is 2.79. The van der Waals surface area contributed by atoms with Gasteiger partial charge in [0.2, 0.25) is 0 Å². The van der Waals surface area contributed by atoms with Crippen LogP contribution in [0.25, 0.3) is 0 Å². The molecule has 0 radical (unpaired) electrons. The molecule has 0 aromatic heterocycles. The van der Waals surface area contributed by atoms with E-state index in [0.717, 1.165) is 18.6 Å². The minimum absolute atomic E-state index is 0. The molecule has 1 aliphatic heterocycles. The molecule has 0 aliphatic carbocycles. The first kappa shape index (κ1) is 9.49. The monoisotopic (exact) mass is 136 g/mol. The van der Waals surface area contributed by atoms with E-state index in [1.807, 2.05) is 6.08 Å². The Morgan fingerprint density at radius 3 is 3.00 bits per heavy atom. The Bertz CT molecular complexity index is 122. The van der Waals surface area contributed by atoms with E-state index in [-0.39, 0.29) is 18.9 Å². The standard InChI is InChI=1S/C6H9OS.Li/c7-8-5-3-1-2-4-6-8;/h3H,1-2,4,6H2;/q-1;+1. The molecular formula is C6H9LiOS. The fraction of sp³-hybridized carbons (Fsp3) is 0.667. The molecule has 0 aromatic rings. The van der Waals surface area contributed by atoms with Crippen molar-refractivity contribution in [1.82, 2.24) is 0 Å². The molecule has 0 fully saturated rings. The van der Waals surface area contributed by atoms with E-state index in [2.05, 4.69) is 5.41 Å². The molecule has 9 heavy (non-hydrogen) atoms. The molecule has 0 aromatic carbocycles. The van der Waals surface area contributed by atoms with E-state index >= 15 is 0 Å². The van der Waals surface area contributed by atoms with Crippen LogP contribution in [0.15, 0.2) is 6.08 Å². The Morgan fingerprint density at radius 2 is 2.22 bits per heavy atom. The average Bonchev–Trinajstić information content (AvgIpc) is 1.94. The van der Waals surface area contributed by atoms with Gasteiger partial charge in [0.25, 0.3) is 0 Å². The topological polar surface area (TPSA) is 17.1 Å². The van der Waals surface area contributed by atoms with Crippen LogP contribution in [-0.4, -0.2) is 9.96 Å². The Hall–Kier alpha value is 0.487. The van der Waals surface area contributed by atoms with Gasteiger partial charge in [-0.1, -0.05) is 12.8 Å². The summed E-state index contributed by atoms with van der Waals surface area (Å²) in [6.45, 7) is 0. The maximum Gasteiger partial charge on any atom is 1.00 e. The molecule has 3 heteroatoms. The molecule has 1 rings (SSSR count). The van der Waals surface area contributed by atoms with Crippen LogP contribution in [0.2, 0.25) is 0 Å². The molecule has 1 aliphatic rings. The Labute approximate surface area is 70.5 Å². The fourth-order valence-electron chi connectivity index (χ4n) is 0.690. The van der Waals surface area contributed by atoms with Crippen LogP contribution in [-0.2, 0) is 10.8 Å². The van der Waals surface area contributed by atoms with Crippen LogP contribution in [0.1, 0.15) is 19.3 Å². The van der Waals surface area contributed by atoms with Crippen LogP contribution >= 0.6 is 0 Å². The Morgan fingerprint density at radius 1 is 1.44 bits per heavy atom. The molecule has 0 spiro atoms. The molecule has 1 nitrogen and oxygen atoms in total. The zero-order valence-corrected chi connectivity index (χ0v) is 6.54. The summed E-state index contributed by atoms with van der Waals surface area (Å²) in [6.07, 6.45) is 5.23. The van der Waals surface area contributed by atoms with Gasteiger partial charge in [-0.15, -0.1) is 10.8 Å². The zero-order valence-electron chi connectivity index (χ0n) is 5.72. The van der Waals surface area contributed by atoms with E-state index in [0.29, 0.717) is 0 Å². The molecular weight excluding hydrogens is 127 g/mol. The van der Waals surface area contributed by atoms with Crippen molar-refractivity contribution >= 4 is 10.8 Å². The third kappa shape index (κ3) is 3.97. The van der Waals surface area contributed by atoms with E-state index in [1.165, 1.54) is 6.42 Å². The predicted octanol–water partition coefficient (Wildman–Crippen LogP) is -1.76. The second-order valence-corrected chi connectivity index (χ2v) is 3.20. The van der Waals surface area contributed by atoms with E-state index in [1.54, 1.807) is 0 Å². The molecule has 0 N–H and O–H groups in total. The van der Waals surface area contributed by atoms with Crippen molar-refractivity contribution in [2.75, 3.05) is 5.75 Å². The van der Waals surface area contributed by atoms with Gasteiger partial charge < -0.3 is 5.41 Å². The molecule has 1 unspecified atom stereocenters. The maximum absolute atomic E-state index is 10.7. The van der Waals surface area contributed by atoms with Crippen molar-refractivity contribution in [3.05, 3.63) is 11.5 Å². The minimum atomic E-state index is -0.763. The van der Waals surface area contributed by atoms with Gasteiger partial charge in [0.05, 0.1) is 0 Å². The number of hydrogen-bond donors (Lipinski definition) is 0. The van der Waals surface area contributed by atoms with Crippen LogP contribution < -0.4 is 18.9 Å².